The molecule has 9 heteroatoms. The molecule has 0 radical (unpaired) electrons. The van der Waals surface area contributed by atoms with E-state index in [1.54, 1.807) is 12.4 Å². The van der Waals surface area contributed by atoms with E-state index in [1.165, 1.54) is 16.8 Å². The van der Waals surface area contributed by atoms with Crippen molar-refractivity contribution in [2.24, 2.45) is 10.9 Å². The standard InChI is InChI=1S/C31H32N8O/c1-39-11-8-19(9-12-39)31(40)35-22-13-20(16-32-18-22)21-14-25-29(37-38-30(25)34-17-21)28-15-24-23(5-4-7-27(24)36-28)26-6-2-3-10-33-26/h3,5,10,13-19,36H,2,4,6-9,11-12H2,1H3,(H,35,40)(H,34,37,38). The molecule has 1 aliphatic carbocycles. The summed E-state index contributed by atoms with van der Waals surface area (Å²) in [5, 5.41) is 11.7. The van der Waals surface area contributed by atoms with Gasteiger partial charge in [0.25, 0.3) is 0 Å². The second kappa shape index (κ2) is 10.3. The largest absolute Gasteiger partial charge is 0.357 e. The smallest absolute Gasteiger partial charge is 0.227 e. The summed E-state index contributed by atoms with van der Waals surface area (Å²) >= 11 is 0. The fraction of sp³-hybridized carbons (Fsp3) is 0.323. The number of amides is 1. The van der Waals surface area contributed by atoms with Crippen LogP contribution in [-0.2, 0) is 11.2 Å². The van der Waals surface area contributed by atoms with Gasteiger partial charge in [0.2, 0.25) is 5.91 Å². The van der Waals surface area contributed by atoms with E-state index in [0.29, 0.717) is 11.3 Å². The number of piperidine rings is 1. The zero-order valence-corrected chi connectivity index (χ0v) is 22.6. The number of aryl methyl sites for hydroxylation is 1. The highest BCUT2D eigenvalue weighted by Crippen LogP contribution is 2.36. The summed E-state index contributed by atoms with van der Waals surface area (Å²) < 4.78 is 0. The van der Waals surface area contributed by atoms with Gasteiger partial charge in [-0.25, -0.2) is 4.98 Å². The lowest BCUT2D eigenvalue weighted by molar-refractivity contribution is -0.121. The quantitative estimate of drug-likeness (QED) is 0.320. The number of rotatable bonds is 5. The van der Waals surface area contributed by atoms with Crippen LogP contribution in [0, 0.1) is 5.92 Å². The lowest BCUT2D eigenvalue weighted by atomic mass is 9.90. The van der Waals surface area contributed by atoms with Crippen LogP contribution in [-0.4, -0.2) is 61.8 Å². The zero-order valence-electron chi connectivity index (χ0n) is 22.6. The predicted octanol–water partition coefficient (Wildman–Crippen LogP) is 5.37. The molecule has 7 rings (SSSR count). The van der Waals surface area contributed by atoms with E-state index >= 15 is 0 Å². The van der Waals surface area contributed by atoms with Crippen molar-refractivity contribution in [3.8, 4) is 22.5 Å². The highest BCUT2D eigenvalue weighted by Gasteiger charge is 2.24. The van der Waals surface area contributed by atoms with Gasteiger partial charge in [-0.3, -0.25) is 19.9 Å². The van der Waals surface area contributed by atoms with E-state index in [0.717, 1.165) is 85.2 Å². The van der Waals surface area contributed by atoms with E-state index in [-0.39, 0.29) is 11.8 Å². The first-order valence-corrected chi connectivity index (χ1v) is 14.1. The molecule has 1 saturated heterocycles. The molecule has 202 valence electrons. The Morgan fingerprint density at radius 1 is 1.05 bits per heavy atom. The molecule has 0 unspecified atom stereocenters. The van der Waals surface area contributed by atoms with Crippen LogP contribution in [0.2, 0.25) is 0 Å². The van der Waals surface area contributed by atoms with Crippen molar-refractivity contribution >= 4 is 33.9 Å². The molecule has 0 bridgehead atoms. The normalized spacial score (nSPS) is 17.9. The van der Waals surface area contributed by atoms with Crippen molar-refractivity contribution in [2.45, 2.75) is 38.5 Å². The molecule has 4 aromatic rings. The molecule has 0 saturated carbocycles. The summed E-state index contributed by atoms with van der Waals surface area (Å²) in [4.78, 5) is 32.5. The van der Waals surface area contributed by atoms with E-state index in [1.807, 2.05) is 18.5 Å². The Bertz CT molecular complexity index is 1680. The number of aliphatic imine (C=N–C) groups is 1. The first-order valence-electron chi connectivity index (χ1n) is 14.1. The molecule has 1 amide bonds. The maximum absolute atomic E-state index is 12.9. The fourth-order valence-corrected chi connectivity index (χ4v) is 5.96. The Labute approximate surface area is 232 Å². The molecular weight excluding hydrogens is 500 g/mol. The Morgan fingerprint density at radius 2 is 1.93 bits per heavy atom. The summed E-state index contributed by atoms with van der Waals surface area (Å²) in [5.74, 6) is 0.104. The Balaban J connectivity index is 1.17. The molecule has 9 nitrogen and oxygen atoms in total. The number of allylic oxidation sites excluding steroid dienone is 3. The van der Waals surface area contributed by atoms with Gasteiger partial charge >= 0.3 is 0 Å². The van der Waals surface area contributed by atoms with Crippen molar-refractivity contribution in [3.63, 3.8) is 0 Å². The number of nitrogens with one attached hydrogen (secondary N) is 3. The number of pyridine rings is 2. The predicted molar refractivity (Wildman–Crippen MR) is 158 cm³/mol. The second-order valence-electron chi connectivity index (χ2n) is 11.0. The molecule has 2 aliphatic heterocycles. The number of aromatic nitrogens is 5. The summed E-state index contributed by atoms with van der Waals surface area (Å²) in [6.45, 7) is 1.89. The van der Waals surface area contributed by atoms with Gasteiger partial charge < -0.3 is 15.2 Å². The molecule has 1 fully saturated rings. The average Bonchev–Trinajstić information content (AvgIpc) is 3.62. The first-order chi connectivity index (χ1) is 19.6. The molecule has 4 aromatic heterocycles. The second-order valence-corrected chi connectivity index (χ2v) is 11.0. The number of hydrogen-bond donors (Lipinski definition) is 3. The average molecular weight is 533 g/mol. The maximum atomic E-state index is 12.9. The van der Waals surface area contributed by atoms with Gasteiger partial charge in [-0.1, -0.05) is 12.2 Å². The minimum Gasteiger partial charge on any atom is -0.357 e. The molecule has 0 aromatic carbocycles. The number of carbonyl (C=O) groups is 1. The third-order valence-corrected chi connectivity index (χ3v) is 8.23. The number of aromatic amines is 2. The molecule has 0 atom stereocenters. The van der Waals surface area contributed by atoms with Gasteiger partial charge in [0.1, 0.15) is 0 Å². The van der Waals surface area contributed by atoms with E-state index in [9.17, 15) is 4.79 Å². The minimum atomic E-state index is 0.0370. The fourth-order valence-electron chi connectivity index (χ4n) is 5.96. The molecule has 3 N–H and O–H groups in total. The van der Waals surface area contributed by atoms with Crippen molar-refractivity contribution in [1.29, 1.82) is 0 Å². The summed E-state index contributed by atoms with van der Waals surface area (Å²) in [7, 11) is 2.10. The number of nitrogens with zero attached hydrogens (tertiary/aromatic N) is 5. The molecule has 6 heterocycles. The highest BCUT2D eigenvalue weighted by atomic mass is 16.1. The van der Waals surface area contributed by atoms with Gasteiger partial charge in [0, 0.05) is 63.6 Å². The van der Waals surface area contributed by atoms with Crippen LogP contribution in [0.1, 0.15) is 43.4 Å². The van der Waals surface area contributed by atoms with Gasteiger partial charge in [0.15, 0.2) is 5.65 Å². The SMILES string of the molecule is CN1CCC(C(=O)Nc2cncc(-c3cnc4n[nH]c(-c5cc6c([nH]5)CCC=C6C5=NC=CCC5)c4c3)c2)CC1. The first kappa shape index (κ1) is 24.7. The third-order valence-electron chi connectivity index (χ3n) is 8.23. The van der Waals surface area contributed by atoms with Crippen LogP contribution < -0.4 is 5.32 Å². The van der Waals surface area contributed by atoms with Crippen LogP contribution in [0.25, 0.3) is 39.1 Å². The maximum Gasteiger partial charge on any atom is 0.227 e. The number of likely N-dealkylation sites (tertiary alicyclic amines) is 1. The van der Waals surface area contributed by atoms with Gasteiger partial charge in [-0.2, -0.15) is 5.10 Å². The van der Waals surface area contributed by atoms with Gasteiger partial charge in [-0.15, -0.1) is 0 Å². The van der Waals surface area contributed by atoms with Crippen LogP contribution >= 0.6 is 0 Å². The Hall–Kier alpha value is -4.37. The number of carbonyl (C=O) groups excluding carboxylic acids is 1. The van der Waals surface area contributed by atoms with Crippen molar-refractivity contribution in [3.05, 3.63) is 66.4 Å². The van der Waals surface area contributed by atoms with E-state index < -0.39 is 0 Å². The Kier molecular flexibility index (Phi) is 6.36. The molecule has 0 spiro atoms. The van der Waals surface area contributed by atoms with Crippen molar-refractivity contribution in [2.75, 3.05) is 25.5 Å². The van der Waals surface area contributed by atoms with Crippen LogP contribution in [0.15, 0.2) is 60.1 Å². The Morgan fingerprint density at radius 3 is 2.77 bits per heavy atom. The van der Waals surface area contributed by atoms with Gasteiger partial charge in [0.05, 0.1) is 23.3 Å². The summed E-state index contributed by atoms with van der Waals surface area (Å²) in [6.07, 6.45) is 17.4. The number of hydrogen-bond acceptors (Lipinski definition) is 6. The van der Waals surface area contributed by atoms with Crippen LogP contribution in [0.4, 0.5) is 5.69 Å². The van der Waals surface area contributed by atoms with Crippen LogP contribution in [0.5, 0.6) is 0 Å². The molecule has 3 aliphatic rings. The minimum absolute atomic E-state index is 0.0370. The summed E-state index contributed by atoms with van der Waals surface area (Å²) in [5.41, 5.74) is 9.90. The monoisotopic (exact) mass is 532 g/mol. The lowest BCUT2D eigenvalue weighted by Gasteiger charge is -2.28. The third kappa shape index (κ3) is 4.66. The molecule has 40 heavy (non-hydrogen) atoms. The van der Waals surface area contributed by atoms with Crippen LogP contribution in [0.3, 0.4) is 0 Å². The number of anilines is 1. The van der Waals surface area contributed by atoms with E-state index in [2.05, 4.69) is 71.7 Å². The zero-order chi connectivity index (χ0) is 27.1. The molecular formula is C31H32N8O. The lowest BCUT2D eigenvalue weighted by Crippen LogP contribution is -2.35. The van der Waals surface area contributed by atoms with Crippen molar-refractivity contribution in [1.82, 2.24) is 30.0 Å². The van der Waals surface area contributed by atoms with E-state index in [4.69, 9.17) is 0 Å². The highest BCUT2D eigenvalue weighted by molar-refractivity contribution is 6.25. The van der Waals surface area contributed by atoms with Crippen molar-refractivity contribution < 1.29 is 4.79 Å². The topological polar surface area (TPSA) is 115 Å². The van der Waals surface area contributed by atoms with Gasteiger partial charge in [-0.05, 0) is 76.9 Å². The number of fused-ring (bicyclic) bond motifs is 2. The summed E-state index contributed by atoms with van der Waals surface area (Å²) in [6, 6.07) is 6.26. The number of H-pyrrole nitrogens is 2.